The number of hydrogen-bond donors (Lipinski definition) is 1. The van der Waals surface area contributed by atoms with Gasteiger partial charge in [-0.25, -0.2) is 4.39 Å². The SMILES string of the molecule is CCC1CCC(CN)(Cc2ccc(Br)cc2F)C1. The molecule has 0 saturated heterocycles. The minimum Gasteiger partial charge on any atom is -0.330 e. The van der Waals surface area contributed by atoms with Crippen molar-refractivity contribution in [3.05, 3.63) is 34.1 Å². The first kappa shape index (κ1) is 14.0. The van der Waals surface area contributed by atoms with Crippen molar-refractivity contribution < 1.29 is 4.39 Å². The predicted octanol–water partition coefficient (Wildman–Crippen LogP) is 4.29. The number of benzene rings is 1. The van der Waals surface area contributed by atoms with Crippen molar-refractivity contribution in [2.75, 3.05) is 6.54 Å². The van der Waals surface area contributed by atoms with Crippen LogP contribution in [0.25, 0.3) is 0 Å². The van der Waals surface area contributed by atoms with Gasteiger partial charge in [0.15, 0.2) is 0 Å². The van der Waals surface area contributed by atoms with Gasteiger partial charge in [0, 0.05) is 4.47 Å². The van der Waals surface area contributed by atoms with E-state index in [0.717, 1.165) is 35.2 Å². The first-order valence-corrected chi connectivity index (χ1v) is 7.52. The van der Waals surface area contributed by atoms with Crippen molar-refractivity contribution in [2.45, 2.75) is 39.0 Å². The van der Waals surface area contributed by atoms with Gasteiger partial charge in [-0.3, -0.25) is 0 Å². The van der Waals surface area contributed by atoms with Gasteiger partial charge in [0.1, 0.15) is 5.82 Å². The molecule has 18 heavy (non-hydrogen) atoms. The predicted molar refractivity (Wildman–Crippen MR) is 76.9 cm³/mol. The van der Waals surface area contributed by atoms with E-state index < -0.39 is 0 Å². The maximum atomic E-state index is 13.9. The summed E-state index contributed by atoms with van der Waals surface area (Å²) in [6, 6.07) is 5.34. The third-order valence-electron chi connectivity index (χ3n) is 4.40. The highest BCUT2D eigenvalue weighted by molar-refractivity contribution is 9.10. The van der Waals surface area contributed by atoms with Crippen LogP contribution in [-0.4, -0.2) is 6.54 Å². The zero-order valence-electron chi connectivity index (χ0n) is 10.9. The van der Waals surface area contributed by atoms with Gasteiger partial charge in [-0.15, -0.1) is 0 Å². The number of hydrogen-bond acceptors (Lipinski definition) is 1. The lowest BCUT2D eigenvalue weighted by molar-refractivity contribution is 0.287. The summed E-state index contributed by atoms with van der Waals surface area (Å²) in [5.41, 5.74) is 6.91. The van der Waals surface area contributed by atoms with Crippen molar-refractivity contribution in [2.24, 2.45) is 17.1 Å². The van der Waals surface area contributed by atoms with Crippen molar-refractivity contribution in [1.82, 2.24) is 0 Å². The van der Waals surface area contributed by atoms with Gasteiger partial charge in [0.25, 0.3) is 0 Å². The Balaban J connectivity index is 2.16. The third kappa shape index (κ3) is 2.94. The Kier molecular flexibility index (Phi) is 4.44. The molecule has 1 nitrogen and oxygen atoms in total. The molecule has 0 spiro atoms. The molecule has 1 aliphatic rings. The van der Waals surface area contributed by atoms with Crippen LogP contribution in [0, 0.1) is 17.2 Å². The quantitative estimate of drug-likeness (QED) is 0.881. The van der Waals surface area contributed by atoms with E-state index in [-0.39, 0.29) is 11.2 Å². The largest absolute Gasteiger partial charge is 0.330 e. The first-order valence-electron chi connectivity index (χ1n) is 6.72. The molecule has 0 aliphatic heterocycles. The summed E-state index contributed by atoms with van der Waals surface area (Å²) in [4.78, 5) is 0. The van der Waals surface area contributed by atoms with E-state index in [9.17, 15) is 4.39 Å². The van der Waals surface area contributed by atoms with E-state index in [1.165, 1.54) is 12.8 Å². The maximum Gasteiger partial charge on any atom is 0.127 e. The Morgan fingerprint density at radius 2 is 2.28 bits per heavy atom. The van der Waals surface area contributed by atoms with Crippen molar-refractivity contribution in [1.29, 1.82) is 0 Å². The molecule has 2 rings (SSSR count). The lowest BCUT2D eigenvalue weighted by atomic mass is 9.79. The van der Waals surface area contributed by atoms with Crippen LogP contribution in [0.5, 0.6) is 0 Å². The fourth-order valence-electron chi connectivity index (χ4n) is 3.16. The van der Waals surface area contributed by atoms with Gasteiger partial charge in [0.2, 0.25) is 0 Å². The zero-order valence-corrected chi connectivity index (χ0v) is 12.5. The van der Waals surface area contributed by atoms with E-state index in [2.05, 4.69) is 22.9 Å². The first-order chi connectivity index (χ1) is 8.58. The molecule has 2 atom stereocenters. The van der Waals surface area contributed by atoms with E-state index in [1.54, 1.807) is 6.07 Å². The fraction of sp³-hybridized carbons (Fsp3) is 0.600. The molecule has 0 bridgehead atoms. The van der Waals surface area contributed by atoms with Gasteiger partial charge in [-0.1, -0.05) is 35.3 Å². The van der Waals surface area contributed by atoms with Gasteiger partial charge in [-0.2, -0.15) is 0 Å². The Morgan fingerprint density at radius 1 is 1.50 bits per heavy atom. The molecule has 0 aromatic heterocycles. The van der Waals surface area contributed by atoms with Gasteiger partial charge >= 0.3 is 0 Å². The summed E-state index contributed by atoms with van der Waals surface area (Å²) >= 11 is 3.30. The second-order valence-corrected chi connectivity index (χ2v) is 6.55. The van der Waals surface area contributed by atoms with Crippen LogP contribution >= 0.6 is 15.9 Å². The second-order valence-electron chi connectivity index (χ2n) is 5.63. The van der Waals surface area contributed by atoms with E-state index >= 15 is 0 Å². The molecule has 3 heteroatoms. The molecular formula is C15H21BrFN. The maximum absolute atomic E-state index is 13.9. The highest BCUT2D eigenvalue weighted by atomic mass is 79.9. The van der Waals surface area contributed by atoms with E-state index in [0.29, 0.717) is 6.54 Å². The lowest BCUT2D eigenvalue weighted by Crippen LogP contribution is -2.30. The van der Waals surface area contributed by atoms with Gasteiger partial charge in [-0.05, 0) is 61.3 Å². The van der Waals surface area contributed by atoms with Crippen LogP contribution in [-0.2, 0) is 6.42 Å². The zero-order chi connectivity index (χ0) is 13.2. The summed E-state index contributed by atoms with van der Waals surface area (Å²) in [5.74, 6) is 0.657. The summed E-state index contributed by atoms with van der Waals surface area (Å²) in [6.07, 6.45) is 5.52. The lowest BCUT2D eigenvalue weighted by Gasteiger charge is -2.28. The average Bonchev–Trinajstić information content (AvgIpc) is 2.77. The molecule has 2 N–H and O–H groups in total. The average molecular weight is 314 g/mol. The summed E-state index contributed by atoms with van der Waals surface area (Å²) in [5, 5.41) is 0. The molecule has 0 heterocycles. The monoisotopic (exact) mass is 313 g/mol. The topological polar surface area (TPSA) is 26.0 Å². The molecule has 1 saturated carbocycles. The molecule has 0 radical (unpaired) electrons. The van der Waals surface area contributed by atoms with Crippen LogP contribution in [0.2, 0.25) is 0 Å². The van der Waals surface area contributed by atoms with Gasteiger partial charge < -0.3 is 5.73 Å². The van der Waals surface area contributed by atoms with Crippen LogP contribution in [0.15, 0.2) is 22.7 Å². The molecule has 1 aromatic carbocycles. The summed E-state index contributed by atoms with van der Waals surface area (Å²) in [7, 11) is 0. The number of nitrogens with two attached hydrogens (primary N) is 1. The highest BCUT2D eigenvalue weighted by Gasteiger charge is 2.37. The summed E-state index contributed by atoms with van der Waals surface area (Å²) < 4.78 is 14.7. The smallest absolute Gasteiger partial charge is 0.127 e. The van der Waals surface area contributed by atoms with Crippen LogP contribution in [0.4, 0.5) is 4.39 Å². The van der Waals surface area contributed by atoms with Crippen molar-refractivity contribution in [3.63, 3.8) is 0 Å². The molecule has 1 aromatic rings. The van der Waals surface area contributed by atoms with E-state index in [1.807, 2.05) is 12.1 Å². The van der Waals surface area contributed by atoms with Crippen LogP contribution in [0.1, 0.15) is 38.2 Å². The Morgan fingerprint density at radius 3 is 2.83 bits per heavy atom. The molecular weight excluding hydrogens is 293 g/mol. The Labute approximate surface area is 117 Å². The molecule has 1 aliphatic carbocycles. The minimum absolute atomic E-state index is 0.114. The van der Waals surface area contributed by atoms with Crippen molar-refractivity contribution in [3.8, 4) is 0 Å². The van der Waals surface area contributed by atoms with Crippen molar-refractivity contribution >= 4 is 15.9 Å². The van der Waals surface area contributed by atoms with Crippen LogP contribution in [0.3, 0.4) is 0 Å². The van der Waals surface area contributed by atoms with Gasteiger partial charge in [0.05, 0.1) is 0 Å². The molecule has 0 amide bonds. The third-order valence-corrected chi connectivity index (χ3v) is 4.89. The fourth-order valence-corrected chi connectivity index (χ4v) is 3.50. The number of rotatable bonds is 4. The highest BCUT2D eigenvalue weighted by Crippen LogP contribution is 2.45. The number of halogens is 2. The second kappa shape index (κ2) is 5.70. The Bertz CT molecular complexity index is 421. The molecule has 2 unspecified atom stereocenters. The normalized spacial score (nSPS) is 27.7. The standard InChI is InChI=1S/C15H21BrFN/c1-2-11-5-6-15(8-11,10-18)9-12-3-4-13(16)7-14(12)17/h3-4,7,11H,2,5-6,8-10,18H2,1H3. The van der Waals surface area contributed by atoms with Crippen LogP contribution < -0.4 is 5.73 Å². The Hall–Kier alpha value is -0.410. The minimum atomic E-state index is -0.114. The molecule has 1 fully saturated rings. The summed E-state index contributed by atoms with van der Waals surface area (Å²) in [6.45, 7) is 2.90. The van der Waals surface area contributed by atoms with E-state index in [4.69, 9.17) is 5.73 Å². The molecule has 100 valence electrons.